The molecule has 0 aliphatic rings. The zero-order valence-corrected chi connectivity index (χ0v) is 12.4. The molecule has 0 bridgehead atoms. The van der Waals surface area contributed by atoms with Crippen LogP contribution in [0.1, 0.15) is 5.56 Å². The first kappa shape index (κ1) is 16.2. The topological polar surface area (TPSA) is 132 Å². The summed E-state index contributed by atoms with van der Waals surface area (Å²) in [5, 5.41) is 4.78. The normalized spacial score (nSPS) is 12.6. The molecule has 1 aromatic rings. The Morgan fingerprint density at radius 3 is 2.37 bits per heavy atom. The summed E-state index contributed by atoms with van der Waals surface area (Å²) in [5.41, 5.74) is 6.54. The predicted molar refractivity (Wildman–Crippen MR) is 73.8 cm³/mol. The molecular formula is C9H14ClN3O4S2. The van der Waals surface area contributed by atoms with Crippen LogP contribution in [0.3, 0.4) is 0 Å². The Hall–Kier alpha value is -0.870. The molecule has 0 unspecified atom stereocenters. The molecule has 0 saturated carbocycles. The highest BCUT2D eigenvalue weighted by atomic mass is 35.5. The first-order valence-corrected chi connectivity index (χ1v) is 8.66. The maximum Gasteiger partial charge on any atom is 0.242 e. The number of hydrogen-bond donors (Lipinski definition) is 3. The number of hydrogen-bond acceptors (Lipinski definition) is 5. The van der Waals surface area contributed by atoms with Crippen LogP contribution in [0, 0.1) is 6.92 Å². The number of nitrogen functional groups attached to an aromatic ring is 1. The van der Waals surface area contributed by atoms with Crippen LogP contribution in [0.5, 0.6) is 0 Å². The number of anilines is 1. The van der Waals surface area contributed by atoms with Crippen molar-refractivity contribution in [1.29, 1.82) is 0 Å². The van der Waals surface area contributed by atoms with Gasteiger partial charge in [-0.15, -0.1) is 0 Å². The summed E-state index contributed by atoms with van der Waals surface area (Å²) in [4.78, 5) is -0.202. The number of nitrogens with one attached hydrogen (secondary N) is 1. The van der Waals surface area contributed by atoms with Gasteiger partial charge < -0.3 is 5.73 Å². The van der Waals surface area contributed by atoms with Crippen molar-refractivity contribution >= 4 is 37.3 Å². The molecule has 0 saturated heterocycles. The highest BCUT2D eigenvalue weighted by Gasteiger charge is 2.19. The van der Waals surface area contributed by atoms with E-state index in [9.17, 15) is 16.8 Å². The number of aryl methyl sites for hydroxylation is 1. The Balaban J connectivity index is 2.98. The molecule has 7 nitrogen and oxygen atoms in total. The number of halogens is 1. The van der Waals surface area contributed by atoms with Crippen LogP contribution < -0.4 is 15.6 Å². The van der Waals surface area contributed by atoms with Crippen molar-refractivity contribution in [3.63, 3.8) is 0 Å². The number of benzene rings is 1. The molecule has 0 atom stereocenters. The number of sulfonamides is 2. The number of rotatable bonds is 5. The van der Waals surface area contributed by atoms with Gasteiger partial charge in [0.15, 0.2) is 0 Å². The van der Waals surface area contributed by atoms with Crippen molar-refractivity contribution in [2.75, 3.05) is 18.0 Å². The highest BCUT2D eigenvalue weighted by molar-refractivity contribution is 7.90. The van der Waals surface area contributed by atoms with Crippen molar-refractivity contribution in [3.05, 3.63) is 22.7 Å². The van der Waals surface area contributed by atoms with Gasteiger partial charge in [0.25, 0.3) is 0 Å². The first-order chi connectivity index (χ1) is 8.53. The van der Waals surface area contributed by atoms with Crippen LogP contribution in [0.4, 0.5) is 5.69 Å². The number of primary sulfonamides is 1. The van der Waals surface area contributed by atoms with Crippen LogP contribution in [0.2, 0.25) is 5.02 Å². The standard InChI is InChI=1S/C9H14ClN3O4S2/c1-6-4-7(10)9(5-8(6)11)19(16,17)13-2-3-18(12,14)15/h4-5,13H,2-3,11H2,1H3,(H2,12,14,15). The summed E-state index contributed by atoms with van der Waals surface area (Å²) in [6.07, 6.45) is 0. The molecule has 0 heterocycles. The monoisotopic (exact) mass is 327 g/mol. The lowest BCUT2D eigenvalue weighted by atomic mass is 10.2. The van der Waals surface area contributed by atoms with E-state index in [1.165, 1.54) is 12.1 Å². The predicted octanol–water partition coefficient (Wildman–Crippen LogP) is -0.203. The fraction of sp³-hybridized carbons (Fsp3) is 0.333. The van der Waals surface area contributed by atoms with E-state index in [-0.39, 0.29) is 22.2 Å². The Morgan fingerprint density at radius 2 is 1.84 bits per heavy atom. The molecule has 0 spiro atoms. The van der Waals surface area contributed by atoms with Crippen LogP contribution in [-0.4, -0.2) is 29.1 Å². The van der Waals surface area contributed by atoms with E-state index < -0.39 is 25.8 Å². The van der Waals surface area contributed by atoms with Gasteiger partial charge in [0.2, 0.25) is 20.0 Å². The lowest BCUT2D eigenvalue weighted by molar-refractivity contribution is 0.581. The average molecular weight is 328 g/mol. The summed E-state index contributed by atoms with van der Waals surface area (Å²) in [6.45, 7) is 1.34. The van der Waals surface area contributed by atoms with E-state index in [1.54, 1.807) is 6.92 Å². The van der Waals surface area contributed by atoms with Crippen LogP contribution in [-0.2, 0) is 20.0 Å². The maximum absolute atomic E-state index is 11.9. The lowest BCUT2D eigenvalue weighted by Gasteiger charge is -2.10. The van der Waals surface area contributed by atoms with E-state index in [2.05, 4.69) is 4.72 Å². The van der Waals surface area contributed by atoms with Crippen LogP contribution >= 0.6 is 11.6 Å². The molecule has 0 amide bonds. The number of nitrogens with two attached hydrogens (primary N) is 2. The van der Waals surface area contributed by atoms with Gasteiger partial charge in [0, 0.05) is 12.2 Å². The van der Waals surface area contributed by atoms with Crippen molar-refractivity contribution in [1.82, 2.24) is 4.72 Å². The van der Waals surface area contributed by atoms with E-state index in [0.717, 1.165) is 0 Å². The molecule has 19 heavy (non-hydrogen) atoms. The van der Waals surface area contributed by atoms with E-state index in [0.29, 0.717) is 5.56 Å². The minimum Gasteiger partial charge on any atom is -0.398 e. The Bertz CT molecular complexity index is 686. The third kappa shape index (κ3) is 4.62. The summed E-state index contributed by atoms with van der Waals surface area (Å²) < 4.78 is 47.4. The van der Waals surface area contributed by atoms with Gasteiger partial charge in [-0.3, -0.25) is 0 Å². The van der Waals surface area contributed by atoms with Gasteiger partial charge in [0.1, 0.15) is 4.90 Å². The van der Waals surface area contributed by atoms with Gasteiger partial charge in [-0.2, -0.15) is 0 Å². The zero-order valence-electron chi connectivity index (χ0n) is 10.1. The molecule has 5 N–H and O–H groups in total. The SMILES string of the molecule is Cc1cc(Cl)c(S(=O)(=O)NCCS(N)(=O)=O)cc1N. The van der Waals surface area contributed by atoms with Crippen LogP contribution in [0.15, 0.2) is 17.0 Å². The lowest BCUT2D eigenvalue weighted by Crippen LogP contribution is -2.31. The van der Waals surface area contributed by atoms with Gasteiger partial charge >= 0.3 is 0 Å². The molecule has 0 aromatic heterocycles. The third-order valence-corrected chi connectivity index (χ3v) is 4.99. The Labute approximate surface area is 117 Å². The minimum atomic E-state index is -3.93. The van der Waals surface area contributed by atoms with Crippen molar-refractivity contribution in [2.24, 2.45) is 5.14 Å². The fourth-order valence-corrected chi connectivity index (χ4v) is 3.43. The first-order valence-electron chi connectivity index (χ1n) is 5.09. The minimum absolute atomic E-state index is 0.00908. The van der Waals surface area contributed by atoms with Crippen molar-refractivity contribution in [3.8, 4) is 0 Å². The average Bonchev–Trinajstić information content (AvgIpc) is 2.20. The smallest absolute Gasteiger partial charge is 0.242 e. The Kier molecular flexibility index (Phi) is 4.80. The molecule has 1 rings (SSSR count). The van der Waals surface area contributed by atoms with E-state index in [1.807, 2.05) is 0 Å². The summed E-state index contributed by atoms with van der Waals surface area (Å²) in [7, 11) is -7.67. The second kappa shape index (κ2) is 5.63. The molecule has 108 valence electrons. The maximum atomic E-state index is 11.9. The second-order valence-electron chi connectivity index (χ2n) is 3.90. The van der Waals surface area contributed by atoms with Gasteiger partial charge in [0.05, 0.1) is 10.8 Å². The summed E-state index contributed by atoms with van der Waals surface area (Å²) in [5.74, 6) is -0.509. The Morgan fingerprint density at radius 1 is 1.26 bits per heavy atom. The van der Waals surface area contributed by atoms with Crippen LogP contribution in [0.25, 0.3) is 0 Å². The summed E-state index contributed by atoms with van der Waals surface area (Å²) in [6, 6.07) is 2.64. The van der Waals surface area contributed by atoms with Gasteiger partial charge in [-0.1, -0.05) is 11.6 Å². The molecule has 1 aromatic carbocycles. The van der Waals surface area contributed by atoms with E-state index >= 15 is 0 Å². The zero-order chi connectivity index (χ0) is 14.8. The molecule has 0 fully saturated rings. The largest absolute Gasteiger partial charge is 0.398 e. The van der Waals surface area contributed by atoms with Gasteiger partial charge in [-0.05, 0) is 24.6 Å². The van der Waals surface area contributed by atoms with Crippen molar-refractivity contribution in [2.45, 2.75) is 11.8 Å². The molecule has 10 heteroatoms. The van der Waals surface area contributed by atoms with E-state index in [4.69, 9.17) is 22.5 Å². The van der Waals surface area contributed by atoms with Crippen molar-refractivity contribution < 1.29 is 16.8 Å². The fourth-order valence-electron chi connectivity index (χ4n) is 1.27. The molecule has 0 aliphatic heterocycles. The highest BCUT2D eigenvalue weighted by Crippen LogP contribution is 2.26. The third-order valence-electron chi connectivity index (χ3n) is 2.29. The summed E-state index contributed by atoms with van der Waals surface area (Å²) >= 11 is 5.84. The molecular weight excluding hydrogens is 314 g/mol. The second-order valence-corrected chi connectivity index (χ2v) is 7.78. The molecule has 0 aliphatic carbocycles. The quantitative estimate of drug-likeness (QED) is 0.644. The molecule has 0 radical (unpaired) electrons. The van der Waals surface area contributed by atoms with Gasteiger partial charge in [-0.25, -0.2) is 26.7 Å².